The first-order valence-electron chi connectivity index (χ1n) is 9.98. The van der Waals surface area contributed by atoms with E-state index in [0.717, 1.165) is 25.9 Å². The Hall–Kier alpha value is -3.11. The SMILES string of the molecule is Cc1ccc(N=C2NC(=O)/C(=C/c3ccc(OCc4ccc(C(=O)O)cc4)c(I)c3)S2)cc1. The van der Waals surface area contributed by atoms with Crippen molar-refractivity contribution in [2.45, 2.75) is 13.5 Å². The second kappa shape index (κ2) is 10.2. The molecule has 3 aromatic rings. The van der Waals surface area contributed by atoms with Gasteiger partial charge in [0.15, 0.2) is 5.17 Å². The van der Waals surface area contributed by atoms with Gasteiger partial charge in [-0.25, -0.2) is 9.79 Å². The van der Waals surface area contributed by atoms with E-state index < -0.39 is 5.97 Å². The van der Waals surface area contributed by atoms with Crippen LogP contribution in [0.1, 0.15) is 27.0 Å². The zero-order valence-electron chi connectivity index (χ0n) is 17.5. The summed E-state index contributed by atoms with van der Waals surface area (Å²) in [7, 11) is 0. The van der Waals surface area contributed by atoms with Crippen LogP contribution in [0.15, 0.2) is 76.6 Å². The molecule has 1 fully saturated rings. The van der Waals surface area contributed by atoms with Gasteiger partial charge in [0, 0.05) is 0 Å². The largest absolute Gasteiger partial charge is 0.488 e. The number of benzene rings is 3. The molecular formula is C25H19IN2O4S. The van der Waals surface area contributed by atoms with Gasteiger partial charge in [0.05, 0.1) is 19.7 Å². The number of hydrogen-bond acceptors (Lipinski definition) is 5. The third kappa shape index (κ3) is 6.02. The number of amidine groups is 1. The zero-order valence-corrected chi connectivity index (χ0v) is 20.5. The van der Waals surface area contributed by atoms with Gasteiger partial charge in [-0.1, -0.05) is 35.9 Å². The monoisotopic (exact) mass is 570 g/mol. The maximum absolute atomic E-state index is 12.4. The Morgan fingerprint density at radius 3 is 2.52 bits per heavy atom. The third-order valence-electron chi connectivity index (χ3n) is 4.76. The lowest BCUT2D eigenvalue weighted by Crippen LogP contribution is -2.19. The topological polar surface area (TPSA) is 88.0 Å². The quantitative estimate of drug-likeness (QED) is 0.291. The van der Waals surface area contributed by atoms with Crippen LogP contribution in [0.4, 0.5) is 5.69 Å². The molecule has 1 aliphatic heterocycles. The van der Waals surface area contributed by atoms with Crippen molar-refractivity contribution in [3.63, 3.8) is 0 Å². The number of carboxylic acids is 1. The summed E-state index contributed by atoms with van der Waals surface area (Å²) >= 11 is 3.50. The minimum Gasteiger partial charge on any atom is -0.488 e. The molecule has 166 valence electrons. The number of thioether (sulfide) groups is 1. The van der Waals surface area contributed by atoms with Crippen LogP contribution in [-0.4, -0.2) is 22.2 Å². The van der Waals surface area contributed by atoms with Crippen LogP contribution in [-0.2, 0) is 11.4 Å². The lowest BCUT2D eigenvalue weighted by atomic mass is 10.1. The van der Waals surface area contributed by atoms with E-state index in [0.29, 0.717) is 22.4 Å². The van der Waals surface area contributed by atoms with Crippen molar-refractivity contribution in [2.24, 2.45) is 4.99 Å². The standard InChI is InChI=1S/C25H19IN2O4S/c1-15-2-9-19(10-3-15)27-25-28-23(29)22(33-25)13-17-6-11-21(20(26)12-17)32-14-16-4-7-18(8-5-16)24(30)31/h2-13H,14H2,1H3,(H,30,31)(H,27,28,29)/b22-13-. The van der Waals surface area contributed by atoms with Crippen LogP contribution < -0.4 is 10.1 Å². The number of aliphatic imine (C=N–C) groups is 1. The first-order chi connectivity index (χ1) is 15.9. The minimum atomic E-state index is -0.954. The van der Waals surface area contributed by atoms with Crippen molar-refractivity contribution in [3.8, 4) is 5.75 Å². The summed E-state index contributed by atoms with van der Waals surface area (Å²) in [5, 5.41) is 12.3. The minimum absolute atomic E-state index is 0.175. The molecule has 0 bridgehead atoms. The molecule has 0 spiro atoms. The second-order valence-electron chi connectivity index (χ2n) is 7.30. The van der Waals surface area contributed by atoms with E-state index in [-0.39, 0.29) is 11.5 Å². The lowest BCUT2D eigenvalue weighted by Gasteiger charge is -2.09. The number of carbonyl (C=O) groups excluding carboxylic acids is 1. The summed E-state index contributed by atoms with van der Waals surface area (Å²) in [6.07, 6.45) is 1.83. The first kappa shape index (κ1) is 23.1. The van der Waals surface area contributed by atoms with Crippen molar-refractivity contribution < 1.29 is 19.4 Å². The Labute approximate surface area is 208 Å². The van der Waals surface area contributed by atoms with Gasteiger partial charge in [-0.2, -0.15) is 0 Å². The molecule has 6 nitrogen and oxygen atoms in total. The first-order valence-corrected chi connectivity index (χ1v) is 11.9. The number of ether oxygens (including phenoxy) is 1. The van der Waals surface area contributed by atoms with Gasteiger partial charge < -0.3 is 15.2 Å². The number of carboxylic acid groups (broad SMARTS) is 1. The summed E-state index contributed by atoms with van der Waals surface area (Å²) < 4.78 is 6.79. The highest BCUT2D eigenvalue weighted by Gasteiger charge is 2.23. The Morgan fingerprint density at radius 1 is 1.12 bits per heavy atom. The van der Waals surface area contributed by atoms with E-state index in [1.165, 1.54) is 11.8 Å². The summed E-state index contributed by atoms with van der Waals surface area (Å²) in [5.41, 5.74) is 3.94. The van der Waals surface area contributed by atoms with Gasteiger partial charge in [0.25, 0.3) is 5.91 Å². The molecule has 0 aliphatic carbocycles. The van der Waals surface area contributed by atoms with Crippen molar-refractivity contribution >= 4 is 63.2 Å². The Balaban J connectivity index is 1.42. The molecule has 2 N–H and O–H groups in total. The van der Waals surface area contributed by atoms with Gasteiger partial charge in [-0.05, 0) is 94.9 Å². The van der Waals surface area contributed by atoms with Crippen LogP contribution in [0.25, 0.3) is 6.08 Å². The number of nitrogens with one attached hydrogen (secondary N) is 1. The predicted molar refractivity (Wildman–Crippen MR) is 139 cm³/mol. The lowest BCUT2D eigenvalue weighted by molar-refractivity contribution is -0.115. The Morgan fingerprint density at radius 2 is 1.85 bits per heavy atom. The van der Waals surface area contributed by atoms with E-state index in [1.807, 2.05) is 55.5 Å². The molecule has 0 saturated carbocycles. The predicted octanol–water partition coefficient (Wildman–Crippen LogP) is 5.77. The summed E-state index contributed by atoms with van der Waals surface area (Å²) in [5.74, 6) is -0.416. The van der Waals surface area contributed by atoms with E-state index in [2.05, 4.69) is 32.9 Å². The number of carbonyl (C=O) groups is 2. The Kier molecular flexibility index (Phi) is 7.14. The fourth-order valence-electron chi connectivity index (χ4n) is 3.00. The van der Waals surface area contributed by atoms with Gasteiger partial charge in [-0.3, -0.25) is 4.79 Å². The summed E-state index contributed by atoms with van der Waals surface area (Å²) in [6.45, 7) is 2.34. The Bertz CT molecular complexity index is 1270. The summed E-state index contributed by atoms with van der Waals surface area (Å²) in [6, 6.07) is 20.1. The fourth-order valence-corrected chi connectivity index (χ4v) is 4.53. The number of aryl methyl sites for hydroxylation is 1. The van der Waals surface area contributed by atoms with E-state index in [9.17, 15) is 9.59 Å². The molecule has 0 aromatic heterocycles. The van der Waals surface area contributed by atoms with Gasteiger partial charge in [-0.15, -0.1) is 0 Å². The molecule has 1 saturated heterocycles. The van der Waals surface area contributed by atoms with E-state index in [1.54, 1.807) is 24.3 Å². The molecule has 0 unspecified atom stereocenters. The highest BCUT2D eigenvalue weighted by molar-refractivity contribution is 14.1. The second-order valence-corrected chi connectivity index (χ2v) is 9.49. The van der Waals surface area contributed by atoms with Crippen LogP contribution in [0, 0.1) is 10.5 Å². The highest BCUT2D eigenvalue weighted by Crippen LogP contribution is 2.30. The van der Waals surface area contributed by atoms with Crippen molar-refractivity contribution in [1.82, 2.24) is 5.32 Å². The van der Waals surface area contributed by atoms with Crippen LogP contribution >= 0.6 is 34.4 Å². The van der Waals surface area contributed by atoms with Gasteiger partial charge >= 0.3 is 5.97 Å². The van der Waals surface area contributed by atoms with Crippen molar-refractivity contribution in [2.75, 3.05) is 0 Å². The number of amides is 1. The molecule has 0 atom stereocenters. The average molecular weight is 570 g/mol. The fraction of sp³-hybridized carbons (Fsp3) is 0.0800. The number of halogens is 1. The van der Waals surface area contributed by atoms with Crippen LogP contribution in [0.2, 0.25) is 0 Å². The number of aromatic carboxylic acids is 1. The molecule has 1 amide bonds. The van der Waals surface area contributed by atoms with Gasteiger partial charge in [0.1, 0.15) is 12.4 Å². The van der Waals surface area contributed by atoms with E-state index in [4.69, 9.17) is 9.84 Å². The van der Waals surface area contributed by atoms with Crippen molar-refractivity contribution in [3.05, 3.63) is 97.5 Å². The molecule has 4 rings (SSSR count). The molecule has 0 radical (unpaired) electrons. The molecule has 3 aromatic carbocycles. The van der Waals surface area contributed by atoms with Crippen LogP contribution in [0.3, 0.4) is 0 Å². The third-order valence-corrected chi connectivity index (χ3v) is 6.52. The molecular weight excluding hydrogens is 551 g/mol. The molecule has 1 heterocycles. The number of hydrogen-bond donors (Lipinski definition) is 2. The van der Waals surface area contributed by atoms with Crippen molar-refractivity contribution in [1.29, 1.82) is 0 Å². The molecule has 33 heavy (non-hydrogen) atoms. The molecule has 8 heteroatoms. The smallest absolute Gasteiger partial charge is 0.335 e. The zero-order chi connectivity index (χ0) is 23.4. The highest BCUT2D eigenvalue weighted by atomic mass is 127. The normalized spacial score (nSPS) is 15.6. The molecule has 1 aliphatic rings. The number of rotatable bonds is 6. The maximum atomic E-state index is 12.4. The van der Waals surface area contributed by atoms with Crippen LogP contribution in [0.5, 0.6) is 5.75 Å². The maximum Gasteiger partial charge on any atom is 0.335 e. The van der Waals surface area contributed by atoms with Gasteiger partial charge in [0.2, 0.25) is 0 Å². The number of nitrogens with zero attached hydrogens (tertiary/aromatic N) is 1. The summed E-state index contributed by atoms with van der Waals surface area (Å²) in [4.78, 5) is 28.4. The average Bonchev–Trinajstić information content (AvgIpc) is 3.13. The van der Waals surface area contributed by atoms with E-state index >= 15 is 0 Å².